The predicted molar refractivity (Wildman–Crippen MR) is 78.2 cm³/mol. The van der Waals surface area contributed by atoms with Crippen LogP contribution >= 0.6 is 0 Å². The van der Waals surface area contributed by atoms with E-state index in [0.717, 1.165) is 23.6 Å². The van der Waals surface area contributed by atoms with Gasteiger partial charge < -0.3 is 4.74 Å². The van der Waals surface area contributed by atoms with Crippen LogP contribution in [0.4, 0.5) is 0 Å². The molecule has 1 aromatic carbocycles. The molecule has 2 heterocycles. The Morgan fingerprint density at radius 1 is 1.43 bits per heavy atom. The summed E-state index contributed by atoms with van der Waals surface area (Å²) >= 11 is 0. The van der Waals surface area contributed by atoms with Crippen molar-refractivity contribution in [3.8, 4) is 5.75 Å². The number of para-hydroxylation sites is 1. The van der Waals surface area contributed by atoms with Crippen LogP contribution in [0.2, 0.25) is 0 Å². The van der Waals surface area contributed by atoms with E-state index in [1.807, 2.05) is 38.1 Å². The fraction of sp³-hybridized carbons (Fsp3) is 0.438. The van der Waals surface area contributed by atoms with Gasteiger partial charge in [-0.2, -0.15) is 5.10 Å². The average Bonchev–Trinajstić information content (AvgIpc) is 2.95. The van der Waals surface area contributed by atoms with Crippen molar-refractivity contribution in [1.82, 2.24) is 14.8 Å². The van der Waals surface area contributed by atoms with Crippen molar-refractivity contribution in [1.29, 1.82) is 0 Å². The van der Waals surface area contributed by atoms with Crippen LogP contribution in [-0.2, 0) is 17.6 Å². The highest BCUT2D eigenvalue weighted by molar-refractivity contribution is 5.83. The number of ketones is 1. The molecule has 0 saturated heterocycles. The van der Waals surface area contributed by atoms with Crippen LogP contribution in [0, 0.1) is 5.92 Å². The number of carbonyl (C=O) groups excluding carboxylic acids is 1. The Balaban J connectivity index is 1.71. The van der Waals surface area contributed by atoms with Crippen LogP contribution in [0.25, 0.3) is 0 Å². The molecule has 0 spiro atoms. The first-order valence-electron chi connectivity index (χ1n) is 7.27. The Labute approximate surface area is 124 Å². The lowest BCUT2D eigenvalue weighted by molar-refractivity contribution is -0.123. The van der Waals surface area contributed by atoms with Crippen molar-refractivity contribution in [3.05, 3.63) is 42.0 Å². The molecular formula is C16H19N3O2. The summed E-state index contributed by atoms with van der Waals surface area (Å²) in [6.45, 7) is 4.51. The molecule has 1 aliphatic heterocycles. The summed E-state index contributed by atoms with van der Waals surface area (Å²) in [6.07, 6.45) is 2.56. The number of aromatic nitrogens is 3. The second kappa shape index (κ2) is 5.68. The molecule has 0 amide bonds. The van der Waals surface area contributed by atoms with Crippen molar-refractivity contribution in [3.63, 3.8) is 0 Å². The predicted octanol–water partition coefficient (Wildman–Crippen LogP) is 2.22. The maximum Gasteiger partial charge on any atom is 0.147 e. The largest absolute Gasteiger partial charge is 0.493 e. The van der Waals surface area contributed by atoms with E-state index < -0.39 is 0 Å². The highest BCUT2D eigenvalue weighted by Crippen LogP contribution is 2.27. The number of fused-ring (bicyclic) bond motifs is 1. The van der Waals surface area contributed by atoms with E-state index in [0.29, 0.717) is 13.0 Å². The van der Waals surface area contributed by atoms with Gasteiger partial charge in [-0.25, -0.2) is 9.67 Å². The summed E-state index contributed by atoms with van der Waals surface area (Å²) in [4.78, 5) is 16.7. The molecule has 0 fully saturated rings. The number of hydrogen-bond acceptors (Lipinski definition) is 4. The molecule has 1 aromatic heterocycles. The molecule has 3 rings (SSSR count). The summed E-state index contributed by atoms with van der Waals surface area (Å²) < 4.78 is 7.49. The Hall–Kier alpha value is -2.17. The molecule has 1 aliphatic rings. The number of rotatable bonds is 4. The molecule has 0 bridgehead atoms. The lowest BCUT2D eigenvalue weighted by Crippen LogP contribution is -2.30. The quantitative estimate of drug-likeness (QED) is 0.864. The third-order valence-electron chi connectivity index (χ3n) is 3.80. The lowest BCUT2D eigenvalue weighted by atomic mass is 9.91. The van der Waals surface area contributed by atoms with E-state index in [1.54, 1.807) is 4.68 Å². The van der Waals surface area contributed by atoms with Crippen LogP contribution in [0.5, 0.6) is 5.75 Å². The molecule has 1 atom stereocenters. The van der Waals surface area contributed by atoms with Gasteiger partial charge in [0.2, 0.25) is 0 Å². The first kappa shape index (κ1) is 13.8. The van der Waals surface area contributed by atoms with E-state index in [9.17, 15) is 4.79 Å². The minimum absolute atomic E-state index is 0.0998. The van der Waals surface area contributed by atoms with Gasteiger partial charge in [-0.05, 0) is 31.9 Å². The molecule has 0 aliphatic carbocycles. The highest BCUT2D eigenvalue weighted by atomic mass is 16.5. The zero-order valence-electron chi connectivity index (χ0n) is 12.3. The van der Waals surface area contributed by atoms with Gasteiger partial charge in [-0.3, -0.25) is 4.79 Å². The van der Waals surface area contributed by atoms with Crippen LogP contribution < -0.4 is 4.74 Å². The summed E-state index contributed by atoms with van der Waals surface area (Å²) in [5, 5.41) is 4.17. The van der Waals surface area contributed by atoms with Gasteiger partial charge in [0.1, 0.15) is 23.7 Å². The fourth-order valence-corrected chi connectivity index (χ4v) is 2.67. The number of benzene rings is 1. The molecule has 5 heteroatoms. The van der Waals surface area contributed by atoms with Crippen molar-refractivity contribution in [2.45, 2.75) is 32.7 Å². The van der Waals surface area contributed by atoms with E-state index in [-0.39, 0.29) is 17.7 Å². The van der Waals surface area contributed by atoms with Gasteiger partial charge in [-0.15, -0.1) is 0 Å². The summed E-state index contributed by atoms with van der Waals surface area (Å²) in [7, 11) is 0. The molecule has 1 unspecified atom stereocenters. The molecular weight excluding hydrogens is 266 g/mol. The van der Waals surface area contributed by atoms with E-state index in [2.05, 4.69) is 10.1 Å². The van der Waals surface area contributed by atoms with Crippen molar-refractivity contribution >= 4 is 5.78 Å². The molecule has 5 nitrogen and oxygen atoms in total. The third kappa shape index (κ3) is 2.82. The van der Waals surface area contributed by atoms with Crippen LogP contribution in [0.3, 0.4) is 0 Å². The monoisotopic (exact) mass is 285 g/mol. The number of Topliss-reactive ketones (excluding diaryl/α,β-unsaturated/α-hetero) is 1. The Morgan fingerprint density at radius 2 is 2.24 bits per heavy atom. The number of ether oxygens (including phenoxy) is 1. The molecule has 2 aromatic rings. The zero-order chi connectivity index (χ0) is 14.8. The van der Waals surface area contributed by atoms with E-state index in [4.69, 9.17) is 4.74 Å². The van der Waals surface area contributed by atoms with Gasteiger partial charge in [0.25, 0.3) is 0 Å². The smallest absolute Gasteiger partial charge is 0.147 e. The number of hydrogen-bond donors (Lipinski definition) is 0. The van der Waals surface area contributed by atoms with Crippen molar-refractivity contribution in [2.24, 2.45) is 5.92 Å². The van der Waals surface area contributed by atoms with Crippen LogP contribution in [0.15, 0.2) is 30.6 Å². The molecule has 0 saturated carbocycles. The van der Waals surface area contributed by atoms with Crippen LogP contribution in [-0.4, -0.2) is 27.2 Å². The van der Waals surface area contributed by atoms with E-state index >= 15 is 0 Å². The highest BCUT2D eigenvalue weighted by Gasteiger charge is 2.27. The summed E-state index contributed by atoms with van der Waals surface area (Å²) in [6, 6.07) is 8.10. The third-order valence-corrected chi connectivity index (χ3v) is 3.80. The van der Waals surface area contributed by atoms with Crippen molar-refractivity contribution < 1.29 is 9.53 Å². The van der Waals surface area contributed by atoms with Gasteiger partial charge in [0, 0.05) is 6.04 Å². The fourth-order valence-electron chi connectivity index (χ4n) is 2.67. The molecule has 110 valence electrons. The Bertz CT molecular complexity index is 648. The molecule has 21 heavy (non-hydrogen) atoms. The summed E-state index contributed by atoms with van der Waals surface area (Å²) in [5.74, 6) is 1.69. The van der Waals surface area contributed by atoms with E-state index in [1.165, 1.54) is 6.33 Å². The Morgan fingerprint density at radius 3 is 3.05 bits per heavy atom. The SMILES string of the molecule is CC(C)n1ncnc1CC(=O)C1COc2ccccc2C1. The normalized spacial score (nSPS) is 17.4. The average molecular weight is 285 g/mol. The minimum atomic E-state index is -0.0998. The minimum Gasteiger partial charge on any atom is -0.493 e. The topological polar surface area (TPSA) is 57.0 Å². The maximum atomic E-state index is 12.5. The summed E-state index contributed by atoms with van der Waals surface area (Å²) in [5.41, 5.74) is 1.10. The number of carbonyl (C=O) groups is 1. The zero-order valence-corrected chi connectivity index (χ0v) is 12.3. The maximum absolute atomic E-state index is 12.5. The van der Waals surface area contributed by atoms with Gasteiger partial charge in [-0.1, -0.05) is 18.2 Å². The Kier molecular flexibility index (Phi) is 3.73. The standard InChI is InChI=1S/C16H19N3O2/c1-11(2)19-16(17-10-18-19)8-14(20)13-7-12-5-3-4-6-15(12)21-9-13/h3-6,10-11,13H,7-9H2,1-2H3. The van der Waals surface area contributed by atoms with Crippen LogP contribution in [0.1, 0.15) is 31.3 Å². The second-order valence-corrected chi connectivity index (χ2v) is 5.68. The van der Waals surface area contributed by atoms with Crippen molar-refractivity contribution in [2.75, 3.05) is 6.61 Å². The second-order valence-electron chi connectivity index (χ2n) is 5.68. The molecule has 0 N–H and O–H groups in total. The first-order valence-corrected chi connectivity index (χ1v) is 7.27. The van der Waals surface area contributed by atoms with Gasteiger partial charge >= 0.3 is 0 Å². The molecule has 0 radical (unpaired) electrons. The number of nitrogens with zero attached hydrogens (tertiary/aromatic N) is 3. The van der Waals surface area contributed by atoms with Gasteiger partial charge in [0.05, 0.1) is 18.9 Å². The first-order chi connectivity index (χ1) is 10.1. The lowest BCUT2D eigenvalue weighted by Gasteiger charge is -2.24. The van der Waals surface area contributed by atoms with Gasteiger partial charge in [0.15, 0.2) is 0 Å².